The van der Waals surface area contributed by atoms with Crippen molar-refractivity contribution in [2.45, 2.75) is 11.3 Å². The van der Waals surface area contributed by atoms with E-state index in [1.54, 1.807) is 23.9 Å². The molecule has 0 unspecified atom stereocenters. The molecule has 3 rings (SSSR count). The van der Waals surface area contributed by atoms with Crippen LogP contribution in [0.1, 0.15) is 11.3 Å². The normalized spacial score (nSPS) is 14.2. The first kappa shape index (κ1) is 17.2. The molecule has 0 N–H and O–H groups in total. The van der Waals surface area contributed by atoms with Crippen molar-refractivity contribution < 1.29 is 4.79 Å². The molecule has 1 fully saturated rings. The smallest absolute Gasteiger partial charge is 0.227 e. The van der Waals surface area contributed by atoms with Crippen LogP contribution in [0.3, 0.4) is 0 Å². The van der Waals surface area contributed by atoms with Gasteiger partial charge in [-0.2, -0.15) is 5.26 Å². The second kappa shape index (κ2) is 7.99. The van der Waals surface area contributed by atoms with Gasteiger partial charge in [-0.15, -0.1) is 22.0 Å². The van der Waals surface area contributed by atoms with Crippen LogP contribution < -0.4 is 4.90 Å². The minimum atomic E-state index is 0.155. The highest BCUT2D eigenvalue weighted by molar-refractivity contribution is 7.98. The lowest BCUT2D eigenvalue weighted by atomic mass is 10.1. The van der Waals surface area contributed by atoms with Gasteiger partial charge in [0.25, 0.3) is 0 Å². The number of piperazine rings is 1. The summed E-state index contributed by atoms with van der Waals surface area (Å²) in [5.74, 6) is 0.904. The highest BCUT2D eigenvalue weighted by atomic mass is 32.2. The van der Waals surface area contributed by atoms with E-state index in [1.165, 1.54) is 4.90 Å². The van der Waals surface area contributed by atoms with Crippen LogP contribution in [-0.4, -0.2) is 53.4 Å². The van der Waals surface area contributed by atoms with Crippen LogP contribution in [0.25, 0.3) is 0 Å². The third-order valence-electron chi connectivity index (χ3n) is 4.24. The summed E-state index contributed by atoms with van der Waals surface area (Å²) in [5.41, 5.74) is 1.35. The maximum absolute atomic E-state index is 12.5. The van der Waals surface area contributed by atoms with Gasteiger partial charge in [-0.3, -0.25) is 4.79 Å². The number of anilines is 1. The molecule has 7 heteroatoms. The average Bonchev–Trinajstić information content (AvgIpc) is 2.69. The van der Waals surface area contributed by atoms with E-state index in [2.05, 4.69) is 27.2 Å². The van der Waals surface area contributed by atoms with Crippen molar-refractivity contribution in [1.29, 1.82) is 5.26 Å². The van der Waals surface area contributed by atoms with Crippen molar-refractivity contribution >= 4 is 23.5 Å². The molecule has 0 bridgehead atoms. The number of hydrogen-bond donors (Lipinski definition) is 0. The Balaban J connectivity index is 1.53. The predicted octanol–water partition coefficient (Wildman–Crippen LogP) is 1.96. The molecular formula is C18H19N5OS. The summed E-state index contributed by atoms with van der Waals surface area (Å²) in [6, 6.07) is 13.6. The molecule has 1 saturated heterocycles. The first-order valence-electron chi connectivity index (χ1n) is 8.09. The lowest BCUT2D eigenvalue weighted by Gasteiger charge is -2.35. The van der Waals surface area contributed by atoms with Crippen LogP contribution in [-0.2, 0) is 11.2 Å². The van der Waals surface area contributed by atoms with Gasteiger partial charge in [-0.1, -0.05) is 12.1 Å². The minimum absolute atomic E-state index is 0.155. The zero-order valence-electron chi connectivity index (χ0n) is 14.1. The number of thioether (sulfide) groups is 1. The van der Waals surface area contributed by atoms with Gasteiger partial charge in [0.05, 0.1) is 6.42 Å². The molecule has 1 aliphatic rings. The third kappa shape index (κ3) is 4.28. The Labute approximate surface area is 151 Å². The number of hydrogen-bond acceptors (Lipinski definition) is 6. The molecular weight excluding hydrogens is 334 g/mol. The molecule has 0 spiro atoms. The topological polar surface area (TPSA) is 73.1 Å². The van der Waals surface area contributed by atoms with Crippen molar-refractivity contribution in [1.82, 2.24) is 15.1 Å². The average molecular weight is 353 g/mol. The summed E-state index contributed by atoms with van der Waals surface area (Å²) in [6.07, 6.45) is 2.48. The molecule has 0 atom stereocenters. The van der Waals surface area contributed by atoms with Gasteiger partial charge >= 0.3 is 0 Å². The van der Waals surface area contributed by atoms with Gasteiger partial charge in [-0.05, 0) is 36.1 Å². The molecule has 1 amide bonds. The Morgan fingerprint density at radius 2 is 1.84 bits per heavy atom. The SMILES string of the molecule is CSc1ccc(CC(=O)N2CCN(c3ccc(C#N)nn3)CC2)cc1. The van der Waals surface area contributed by atoms with Crippen molar-refractivity contribution in [2.24, 2.45) is 0 Å². The van der Waals surface area contributed by atoms with E-state index in [0.717, 1.165) is 24.5 Å². The zero-order chi connectivity index (χ0) is 17.6. The van der Waals surface area contributed by atoms with E-state index < -0.39 is 0 Å². The van der Waals surface area contributed by atoms with Crippen LogP contribution >= 0.6 is 11.8 Å². The van der Waals surface area contributed by atoms with Crippen molar-refractivity contribution in [2.75, 3.05) is 37.3 Å². The molecule has 6 nitrogen and oxygen atoms in total. The standard InChI is InChI=1S/C18H19N5OS/c1-25-16-5-2-14(3-6-16)12-18(24)23-10-8-22(9-11-23)17-7-4-15(13-19)20-21-17/h2-7H,8-12H2,1H3. The Morgan fingerprint density at radius 3 is 2.40 bits per heavy atom. The fourth-order valence-electron chi connectivity index (χ4n) is 2.77. The monoisotopic (exact) mass is 353 g/mol. The van der Waals surface area contributed by atoms with E-state index in [-0.39, 0.29) is 5.91 Å². The van der Waals surface area contributed by atoms with Crippen LogP contribution in [0, 0.1) is 11.3 Å². The Hall–Kier alpha value is -2.59. The van der Waals surface area contributed by atoms with Gasteiger partial charge in [0, 0.05) is 31.1 Å². The highest BCUT2D eigenvalue weighted by Crippen LogP contribution is 2.17. The summed E-state index contributed by atoms with van der Waals surface area (Å²) in [5, 5.41) is 16.7. The van der Waals surface area contributed by atoms with Gasteiger partial charge in [0.15, 0.2) is 11.5 Å². The number of benzene rings is 1. The molecule has 1 aliphatic heterocycles. The summed E-state index contributed by atoms with van der Waals surface area (Å²) in [6.45, 7) is 2.78. The van der Waals surface area contributed by atoms with Crippen LogP contribution in [0.4, 0.5) is 5.82 Å². The number of carbonyl (C=O) groups is 1. The molecule has 2 aromatic rings. The molecule has 25 heavy (non-hydrogen) atoms. The molecule has 1 aromatic carbocycles. The van der Waals surface area contributed by atoms with Crippen molar-refractivity contribution in [3.05, 3.63) is 47.7 Å². The predicted molar refractivity (Wildman–Crippen MR) is 97.5 cm³/mol. The Morgan fingerprint density at radius 1 is 1.12 bits per heavy atom. The van der Waals surface area contributed by atoms with Crippen LogP contribution in [0.2, 0.25) is 0 Å². The van der Waals surface area contributed by atoms with E-state index >= 15 is 0 Å². The first-order chi connectivity index (χ1) is 12.2. The highest BCUT2D eigenvalue weighted by Gasteiger charge is 2.22. The van der Waals surface area contributed by atoms with Gasteiger partial charge in [0.1, 0.15) is 6.07 Å². The van der Waals surface area contributed by atoms with Crippen LogP contribution in [0.15, 0.2) is 41.3 Å². The third-order valence-corrected chi connectivity index (χ3v) is 4.98. The second-order valence-corrected chi connectivity index (χ2v) is 6.66. The summed E-state index contributed by atoms with van der Waals surface area (Å²) in [7, 11) is 0. The number of amides is 1. The maximum atomic E-state index is 12.5. The lowest BCUT2D eigenvalue weighted by Crippen LogP contribution is -2.49. The largest absolute Gasteiger partial charge is 0.352 e. The van der Waals surface area contributed by atoms with Crippen molar-refractivity contribution in [3.63, 3.8) is 0 Å². The van der Waals surface area contributed by atoms with Gasteiger partial charge in [-0.25, -0.2) is 0 Å². The van der Waals surface area contributed by atoms with Crippen LogP contribution in [0.5, 0.6) is 0 Å². The van der Waals surface area contributed by atoms with Crippen molar-refractivity contribution in [3.8, 4) is 6.07 Å². The summed E-state index contributed by atoms with van der Waals surface area (Å²) >= 11 is 1.70. The molecule has 1 aromatic heterocycles. The molecule has 2 heterocycles. The van der Waals surface area contributed by atoms with E-state index in [0.29, 0.717) is 25.2 Å². The fraction of sp³-hybridized carbons (Fsp3) is 0.333. The second-order valence-electron chi connectivity index (χ2n) is 5.78. The molecule has 0 aliphatic carbocycles. The quantitative estimate of drug-likeness (QED) is 0.783. The molecule has 0 radical (unpaired) electrons. The number of aromatic nitrogens is 2. The minimum Gasteiger partial charge on any atom is -0.352 e. The summed E-state index contributed by atoms with van der Waals surface area (Å²) in [4.78, 5) is 17.7. The summed E-state index contributed by atoms with van der Waals surface area (Å²) < 4.78 is 0. The number of carbonyl (C=O) groups excluding carboxylic acids is 1. The van der Waals surface area contributed by atoms with E-state index in [9.17, 15) is 4.79 Å². The van der Waals surface area contributed by atoms with Gasteiger partial charge < -0.3 is 9.80 Å². The first-order valence-corrected chi connectivity index (χ1v) is 9.31. The number of rotatable bonds is 4. The fourth-order valence-corrected chi connectivity index (χ4v) is 3.18. The maximum Gasteiger partial charge on any atom is 0.227 e. The van der Waals surface area contributed by atoms with Gasteiger partial charge in [0.2, 0.25) is 5.91 Å². The lowest BCUT2D eigenvalue weighted by molar-refractivity contribution is -0.130. The molecule has 0 saturated carbocycles. The number of nitriles is 1. The van der Waals surface area contributed by atoms with E-state index in [4.69, 9.17) is 5.26 Å². The van der Waals surface area contributed by atoms with E-state index in [1.807, 2.05) is 29.4 Å². The Kier molecular flexibility index (Phi) is 5.51. The zero-order valence-corrected chi connectivity index (χ0v) is 14.9. The number of nitrogens with zero attached hydrogens (tertiary/aromatic N) is 5. The molecule has 128 valence electrons. The Bertz CT molecular complexity index is 762.